The van der Waals surface area contributed by atoms with E-state index in [0.29, 0.717) is 0 Å². The van der Waals surface area contributed by atoms with E-state index in [2.05, 4.69) is 4.98 Å². The van der Waals surface area contributed by atoms with Crippen molar-refractivity contribution in [2.45, 2.75) is 39.0 Å². The maximum atomic E-state index is 10.2. The third-order valence-corrected chi connectivity index (χ3v) is 3.19. The second kappa shape index (κ2) is 4.33. The largest absolute Gasteiger partial charge is 0.385 e. The van der Waals surface area contributed by atoms with E-state index in [4.69, 9.17) is 4.74 Å². The molecule has 0 aromatic carbocycles. The van der Waals surface area contributed by atoms with Gasteiger partial charge in [0, 0.05) is 31.5 Å². The molecule has 3 atom stereocenters. The molecular formula is C11H18N2O2. The Morgan fingerprint density at radius 3 is 3.13 bits per heavy atom. The molecule has 1 aliphatic heterocycles. The number of nitrogens with zero attached hydrogens (tertiary/aromatic N) is 2. The average Bonchev–Trinajstić information content (AvgIpc) is 2.84. The van der Waals surface area contributed by atoms with Crippen molar-refractivity contribution >= 4 is 0 Å². The third kappa shape index (κ3) is 1.92. The first-order valence-electron chi connectivity index (χ1n) is 5.54. The molecule has 15 heavy (non-hydrogen) atoms. The van der Waals surface area contributed by atoms with Crippen molar-refractivity contribution in [3.8, 4) is 0 Å². The highest BCUT2D eigenvalue weighted by Gasteiger charge is 2.33. The lowest BCUT2D eigenvalue weighted by Gasteiger charge is -2.21. The fourth-order valence-electron chi connectivity index (χ4n) is 2.21. The number of ether oxygens (including phenoxy) is 1. The molecule has 2 heterocycles. The first-order chi connectivity index (χ1) is 7.24. The maximum absolute atomic E-state index is 10.2. The zero-order chi connectivity index (χ0) is 10.8. The van der Waals surface area contributed by atoms with Crippen LogP contribution < -0.4 is 0 Å². The standard InChI is InChI=1S/C11H18N2O2/c1-3-13-6-5-12-11(13)10(14)9-4-7-15-8(9)2/h5-6,8-10,14H,3-4,7H2,1-2H3. The Morgan fingerprint density at radius 1 is 1.73 bits per heavy atom. The summed E-state index contributed by atoms with van der Waals surface area (Å²) in [6.45, 7) is 5.65. The number of imidazole rings is 1. The van der Waals surface area contributed by atoms with Gasteiger partial charge in [-0.2, -0.15) is 0 Å². The Kier molecular flexibility index (Phi) is 3.07. The fourth-order valence-corrected chi connectivity index (χ4v) is 2.21. The fraction of sp³-hybridized carbons (Fsp3) is 0.727. The van der Waals surface area contributed by atoms with E-state index in [-0.39, 0.29) is 12.0 Å². The summed E-state index contributed by atoms with van der Waals surface area (Å²) >= 11 is 0. The van der Waals surface area contributed by atoms with Crippen LogP contribution in [0.1, 0.15) is 32.2 Å². The first-order valence-corrected chi connectivity index (χ1v) is 5.54. The topological polar surface area (TPSA) is 47.3 Å². The van der Waals surface area contributed by atoms with Crippen molar-refractivity contribution in [1.82, 2.24) is 9.55 Å². The van der Waals surface area contributed by atoms with Crippen molar-refractivity contribution in [3.63, 3.8) is 0 Å². The van der Waals surface area contributed by atoms with Crippen LogP contribution in [0.3, 0.4) is 0 Å². The minimum atomic E-state index is -0.502. The summed E-state index contributed by atoms with van der Waals surface area (Å²) in [6, 6.07) is 0. The Labute approximate surface area is 89.9 Å². The van der Waals surface area contributed by atoms with Gasteiger partial charge in [0.1, 0.15) is 11.9 Å². The second-order valence-electron chi connectivity index (χ2n) is 4.04. The van der Waals surface area contributed by atoms with Gasteiger partial charge in [-0.25, -0.2) is 4.98 Å². The van der Waals surface area contributed by atoms with E-state index in [1.54, 1.807) is 6.20 Å². The summed E-state index contributed by atoms with van der Waals surface area (Å²) in [5, 5.41) is 10.2. The smallest absolute Gasteiger partial charge is 0.138 e. The van der Waals surface area contributed by atoms with Crippen LogP contribution in [0.15, 0.2) is 12.4 Å². The zero-order valence-corrected chi connectivity index (χ0v) is 9.26. The molecule has 1 fully saturated rings. The van der Waals surface area contributed by atoms with Gasteiger partial charge in [0.05, 0.1) is 6.10 Å². The number of aliphatic hydroxyl groups excluding tert-OH is 1. The first kappa shape index (κ1) is 10.6. The van der Waals surface area contributed by atoms with Gasteiger partial charge in [0.15, 0.2) is 0 Å². The molecule has 2 rings (SSSR count). The molecule has 1 N–H and O–H groups in total. The normalized spacial score (nSPS) is 28.2. The molecule has 4 nitrogen and oxygen atoms in total. The molecule has 0 spiro atoms. The molecule has 0 aliphatic carbocycles. The van der Waals surface area contributed by atoms with Crippen molar-refractivity contribution in [3.05, 3.63) is 18.2 Å². The predicted octanol–water partition coefficient (Wildman–Crippen LogP) is 1.36. The molecule has 1 saturated heterocycles. The Bertz CT molecular complexity index is 324. The van der Waals surface area contributed by atoms with Gasteiger partial charge in [-0.1, -0.05) is 0 Å². The molecule has 0 bridgehead atoms. The van der Waals surface area contributed by atoms with Crippen LogP contribution in [-0.2, 0) is 11.3 Å². The van der Waals surface area contributed by atoms with E-state index >= 15 is 0 Å². The monoisotopic (exact) mass is 210 g/mol. The minimum absolute atomic E-state index is 0.127. The van der Waals surface area contributed by atoms with E-state index in [1.807, 2.05) is 24.6 Å². The minimum Gasteiger partial charge on any atom is -0.385 e. The Balaban J connectivity index is 2.16. The summed E-state index contributed by atoms with van der Waals surface area (Å²) < 4.78 is 7.44. The van der Waals surface area contributed by atoms with E-state index in [0.717, 1.165) is 25.4 Å². The third-order valence-electron chi connectivity index (χ3n) is 3.19. The molecule has 84 valence electrons. The van der Waals surface area contributed by atoms with Gasteiger partial charge >= 0.3 is 0 Å². The van der Waals surface area contributed by atoms with Crippen LogP contribution in [-0.4, -0.2) is 27.4 Å². The number of aromatic nitrogens is 2. The molecule has 4 heteroatoms. The SMILES string of the molecule is CCn1ccnc1C(O)C1CCOC1C. The molecule has 0 saturated carbocycles. The predicted molar refractivity (Wildman–Crippen MR) is 56.4 cm³/mol. The van der Waals surface area contributed by atoms with Crippen molar-refractivity contribution in [2.75, 3.05) is 6.61 Å². The highest BCUT2D eigenvalue weighted by molar-refractivity contribution is 5.00. The van der Waals surface area contributed by atoms with Crippen molar-refractivity contribution in [2.24, 2.45) is 5.92 Å². The lowest BCUT2D eigenvalue weighted by atomic mass is 9.95. The number of aryl methyl sites for hydroxylation is 1. The zero-order valence-electron chi connectivity index (χ0n) is 9.26. The van der Waals surface area contributed by atoms with Crippen LogP contribution in [0, 0.1) is 5.92 Å². The summed E-state index contributed by atoms with van der Waals surface area (Å²) in [6.07, 6.45) is 4.18. The quantitative estimate of drug-likeness (QED) is 0.819. The van der Waals surface area contributed by atoms with Crippen LogP contribution in [0.25, 0.3) is 0 Å². The highest BCUT2D eigenvalue weighted by Crippen LogP contribution is 2.32. The maximum Gasteiger partial charge on any atom is 0.138 e. The van der Waals surface area contributed by atoms with E-state index < -0.39 is 6.10 Å². The molecule has 1 aromatic heterocycles. The molecule has 0 radical (unpaired) electrons. The number of rotatable bonds is 3. The van der Waals surface area contributed by atoms with Gasteiger partial charge < -0.3 is 14.4 Å². The summed E-state index contributed by atoms with van der Waals surface area (Å²) in [5.41, 5.74) is 0. The average molecular weight is 210 g/mol. The molecule has 0 amide bonds. The summed E-state index contributed by atoms with van der Waals surface area (Å²) in [4.78, 5) is 4.22. The number of aliphatic hydroxyl groups is 1. The van der Waals surface area contributed by atoms with E-state index in [9.17, 15) is 5.11 Å². The van der Waals surface area contributed by atoms with Crippen LogP contribution in [0.4, 0.5) is 0 Å². The molecule has 3 unspecified atom stereocenters. The van der Waals surface area contributed by atoms with Gasteiger partial charge in [-0.05, 0) is 20.3 Å². The highest BCUT2D eigenvalue weighted by atomic mass is 16.5. The van der Waals surface area contributed by atoms with Gasteiger partial charge in [0.2, 0.25) is 0 Å². The summed E-state index contributed by atoms with van der Waals surface area (Å²) in [5.74, 6) is 0.942. The van der Waals surface area contributed by atoms with Crippen LogP contribution >= 0.6 is 0 Å². The lowest BCUT2D eigenvalue weighted by molar-refractivity contribution is 0.0371. The lowest BCUT2D eigenvalue weighted by Crippen LogP contribution is -2.22. The summed E-state index contributed by atoms with van der Waals surface area (Å²) in [7, 11) is 0. The Hall–Kier alpha value is -0.870. The molecule has 1 aliphatic rings. The van der Waals surface area contributed by atoms with E-state index in [1.165, 1.54) is 0 Å². The molecular weight excluding hydrogens is 192 g/mol. The van der Waals surface area contributed by atoms with Crippen LogP contribution in [0.2, 0.25) is 0 Å². The number of hydrogen-bond donors (Lipinski definition) is 1. The van der Waals surface area contributed by atoms with Crippen molar-refractivity contribution < 1.29 is 9.84 Å². The molecule has 1 aromatic rings. The van der Waals surface area contributed by atoms with Crippen molar-refractivity contribution in [1.29, 1.82) is 0 Å². The van der Waals surface area contributed by atoms with Crippen LogP contribution in [0.5, 0.6) is 0 Å². The number of hydrogen-bond acceptors (Lipinski definition) is 3. The van der Waals surface area contributed by atoms with Gasteiger partial charge in [0.25, 0.3) is 0 Å². The van der Waals surface area contributed by atoms with Gasteiger partial charge in [-0.3, -0.25) is 0 Å². The second-order valence-corrected chi connectivity index (χ2v) is 4.04. The van der Waals surface area contributed by atoms with Gasteiger partial charge in [-0.15, -0.1) is 0 Å². The Morgan fingerprint density at radius 2 is 2.53 bits per heavy atom.